The van der Waals surface area contributed by atoms with Crippen LogP contribution in [0.1, 0.15) is 43.6 Å². The molecule has 0 saturated heterocycles. The first-order valence-electron chi connectivity index (χ1n) is 7.17. The quantitative estimate of drug-likeness (QED) is 0.898. The van der Waals surface area contributed by atoms with Gasteiger partial charge in [0.1, 0.15) is 5.82 Å². The van der Waals surface area contributed by atoms with Crippen LogP contribution in [0.5, 0.6) is 0 Å². The van der Waals surface area contributed by atoms with Crippen LogP contribution < -0.4 is 5.32 Å². The van der Waals surface area contributed by atoms with Gasteiger partial charge < -0.3 is 5.32 Å². The van der Waals surface area contributed by atoms with Gasteiger partial charge in [0.05, 0.1) is 5.69 Å². The van der Waals surface area contributed by atoms with Crippen molar-refractivity contribution in [1.29, 1.82) is 0 Å². The van der Waals surface area contributed by atoms with Gasteiger partial charge in [-0.05, 0) is 36.5 Å². The van der Waals surface area contributed by atoms with Crippen LogP contribution in [-0.4, -0.2) is 9.97 Å². The number of hydrogen-bond donors (Lipinski definition) is 1. The highest BCUT2D eigenvalue weighted by atomic mass is 19.1. The third-order valence-electron chi connectivity index (χ3n) is 3.89. The van der Waals surface area contributed by atoms with Crippen LogP contribution >= 0.6 is 0 Å². The highest BCUT2D eigenvalue weighted by Gasteiger charge is 2.20. The standard InChI is InChI=1S/C16H18FN3/c17-14-9-4-8-13(12-6-2-1-3-7-12)15(14)20-16-18-10-5-11-19-16/h4-5,8-12H,1-3,6-7H2,(H,18,19,20). The summed E-state index contributed by atoms with van der Waals surface area (Å²) < 4.78 is 14.2. The van der Waals surface area contributed by atoms with E-state index in [1.54, 1.807) is 24.5 Å². The normalized spacial score (nSPS) is 16.1. The molecule has 1 aliphatic rings. The van der Waals surface area contributed by atoms with Gasteiger partial charge in [0.2, 0.25) is 5.95 Å². The predicted octanol–water partition coefficient (Wildman–Crippen LogP) is 4.41. The zero-order valence-electron chi connectivity index (χ0n) is 11.3. The molecule has 20 heavy (non-hydrogen) atoms. The van der Waals surface area contributed by atoms with E-state index in [0.717, 1.165) is 18.4 Å². The lowest BCUT2D eigenvalue weighted by molar-refractivity contribution is 0.443. The van der Waals surface area contributed by atoms with Crippen molar-refractivity contribution in [3.8, 4) is 0 Å². The third-order valence-corrected chi connectivity index (χ3v) is 3.89. The molecule has 0 radical (unpaired) electrons. The second-order valence-electron chi connectivity index (χ2n) is 5.24. The number of rotatable bonds is 3. The van der Waals surface area contributed by atoms with E-state index >= 15 is 0 Å². The molecule has 104 valence electrons. The summed E-state index contributed by atoms with van der Waals surface area (Å²) in [5, 5.41) is 3.04. The van der Waals surface area contributed by atoms with Crippen LogP contribution in [0.15, 0.2) is 36.7 Å². The molecule has 0 aliphatic heterocycles. The molecule has 1 aromatic carbocycles. The van der Waals surface area contributed by atoms with E-state index in [2.05, 4.69) is 15.3 Å². The Morgan fingerprint density at radius 2 is 1.75 bits per heavy atom. The fraction of sp³-hybridized carbons (Fsp3) is 0.375. The minimum absolute atomic E-state index is 0.236. The number of nitrogens with one attached hydrogen (secondary N) is 1. The molecule has 1 heterocycles. The Bertz CT molecular complexity index is 565. The van der Waals surface area contributed by atoms with Gasteiger partial charge in [0, 0.05) is 12.4 Å². The lowest BCUT2D eigenvalue weighted by atomic mass is 9.83. The van der Waals surface area contributed by atoms with Gasteiger partial charge in [-0.3, -0.25) is 0 Å². The highest BCUT2D eigenvalue weighted by molar-refractivity contribution is 5.60. The third kappa shape index (κ3) is 2.79. The minimum atomic E-state index is -0.236. The molecule has 1 fully saturated rings. The first-order chi connectivity index (χ1) is 9.84. The van der Waals surface area contributed by atoms with Gasteiger partial charge in [-0.2, -0.15) is 0 Å². The van der Waals surface area contributed by atoms with Crippen molar-refractivity contribution in [1.82, 2.24) is 9.97 Å². The number of anilines is 2. The first-order valence-corrected chi connectivity index (χ1v) is 7.17. The Morgan fingerprint density at radius 1 is 1.00 bits per heavy atom. The van der Waals surface area contributed by atoms with Crippen molar-refractivity contribution < 1.29 is 4.39 Å². The lowest BCUT2D eigenvalue weighted by Gasteiger charge is -2.24. The molecule has 0 spiro atoms. The molecule has 0 atom stereocenters. The van der Waals surface area contributed by atoms with E-state index in [1.165, 1.54) is 25.3 Å². The number of hydrogen-bond acceptors (Lipinski definition) is 3. The van der Waals surface area contributed by atoms with Crippen molar-refractivity contribution in [2.45, 2.75) is 38.0 Å². The van der Waals surface area contributed by atoms with Crippen molar-refractivity contribution >= 4 is 11.6 Å². The van der Waals surface area contributed by atoms with Crippen LogP contribution in [-0.2, 0) is 0 Å². The Hall–Kier alpha value is -1.97. The molecule has 3 nitrogen and oxygen atoms in total. The SMILES string of the molecule is Fc1cccc(C2CCCCC2)c1Nc1ncccn1. The molecule has 1 aliphatic carbocycles. The van der Waals surface area contributed by atoms with Gasteiger partial charge in [-0.15, -0.1) is 0 Å². The number of nitrogens with zero attached hydrogens (tertiary/aromatic N) is 2. The Kier molecular flexibility index (Phi) is 3.90. The number of para-hydroxylation sites is 1. The lowest BCUT2D eigenvalue weighted by Crippen LogP contribution is -2.09. The zero-order valence-corrected chi connectivity index (χ0v) is 11.3. The Balaban J connectivity index is 1.92. The summed E-state index contributed by atoms with van der Waals surface area (Å²) in [4.78, 5) is 8.22. The second kappa shape index (κ2) is 5.99. The highest BCUT2D eigenvalue weighted by Crippen LogP contribution is 2.38. The molecule has 4 heteroatoms. The van der Waals surface area contributed by atoms with E-state index < -0.39 is 0 Å². The van der Waals surface area contributed by atoms with E-state index in [-0.39, 0.29) is 5.82 Å². The molecule has 0 bridgehead atoms. The van der Waals surface area contributed by atoms with E-state index in [4.69, 9.17) is 0 Å². The fourth-order valence-corrected chi connectivity index (χ4v) is 2.90. The van der Waals surface area contributed by atoms with Crippen LogP contribution in [0.4, 0.5) is 16.0 Å². The van der Waals surface area contributed by atoms with Gasteiger partial charge >= 0.3 is 0 Å². The number of benzene rings is 1. The summed E-state index contributed by atoms with van der Waals surface area (Å²) >= 11 is 0. The Morgan fingerprint density at radius 3 is 2.50 bits per heavy atom. The molecule has 3 rings (SSSR count). The van der Waals surface area contributed by atoms with Crippen LogP contribution in [0.3, 0.4) is 0 Å². The van der Waals surface area contributed by atoms with E-state index in [1.807, 2.05) is 6.07 Å². The van der Waals surface area contributed by atoms with Crippen LogP contribution in [0.2, 0.25) is 0 Å². The Labute approximate surface area is 118 Å². The largest absolute Gasteiger partial charge is 0.321 e. The number of aromatic nitrogens is 2. The predicted molar refractivity (Wildman–Crippen MR) is 77.5 cm³/mol. The van der Waals surface area contributed by atoms with Gasteiger partial charge in [0.25, 0.3) is 0 Å². The molecule has 2 aromatic rings. The average Bonchev–Trinajstić information content (AvgIpc) is 2.51. The molecule has 0 unspecified atom stereocenters. The molecular formula is C16H18FN3. The van der Waals surface area contributed by atoms with Gasteiger partial charge in [-0.1, -0.05) is 31.4 Å². The summed E-state index contributed by atoms with van der Waals surface area (Å²) in [5.74, 6) is 0.640. The van der Waals surface area contributed by atoms with E-state index in [9.17, 15) is 4.39 Å². The van der Waals surface area contributed by atoms with E-state index in [0.29, 0.717) is 17.6 Å². The van der Waals surface area contributed by atoms with Crippen molar-refractivity contribution in [2.24, 2.45) is 0 Å². The topological polar surface area (TPSA) is 37.8 Å². The molecule has 1 aromatic heterocycles. The smallest absolute Gasteiger partial charge is 0.227 e. The number of halogens is 1. The first kappa shape index (κ1) is 13.0. The molecule has 1 N–H and O–H groups in total. The summed E-state index contributed by atoms with van der Waals surface area (Å²) in [5.41, 5.74) is 1.59. The molecular weight excluding hydrogens is 253 g/mol. The second-order valence-corrected chi connectivity index (χ2v) is 5.24. The summed E-state index contributed by atoms with van der Waals surface area (Å²) in [6.07, 6.45) is 9.30. The summed E-state index contributed by atoms with van der Waals surface area (Å²) in [6, 6.07) is 7.03. The zero-order chi connectivity index (χ0) is 13.8. The van der Waals surface area contributed by atoms with Crippen LogP contribution in [0.25, 0.3) is 0 Å². The summed E-state index contributed by atoms with van der Waals surface area (Å²) in [6.45, 7) is 0. The maximum atomic E-state index is 14.2. The minimum Gasteiger partial charge on any atom is -0.321 e. The van der Waals surface area contributed by atoms with Crippen molar-refractivity contribution in [2.75, 3.05) is 5.32 Å². The van der Waals surface area contributed by atoms with Crippen molar-refractivity contribution in [3.05, 3.63) is 48.0 Å². The van der Waals surface area contributed by atoms with Crippen molar-refractivity contribution in [3.63, 3.8) is 0 Å². The van der Waals surface area contributed by atoms with Gasteiger partial charge in [0.15, 0.2) is 0 Å². The fourth-order valence-electron chi connectivity index (χ4n) is 2.90. The van der Waals surface area contributed by atoms with Crippen LogP contribution in [0, 0.1) is 5.82 Å². The monoisotopic (exact) mass is 271 g/mol. The van der Waals surface area contributed by atoms with Gasteiger partial charge in [-0.25, -0.2) is 14.4 Å². The molecule has 1 saturated carbocycles. The molecule has 0 amide bonds. The summed E-state index contributed by atoms with van der Waals surface area (Å²) in [7, 11) is 0. The maximum Gasteiger partial charge on any atom is 0.227 e. The maximum absolute atomic E-state index is 14.2. The average molecular weight is 271 g/mol.